The molecule has 0 spiro atoms. The largest absolute Gasteiger partial charge is 0.353 e. The molecule has 1 aliphatic carbocycles. The van der Waals surface area contributed by atoms with E-state index in [4.69, 9.17) is 0 Å². The number of halogens is 1. The summed E-state index contributed by atoms with van der Waals surface area (Å²) in [5.74, 6) is -0.823. The lowest BCUT2D eigenvalue weighted by Crippen LogP contribution is -2.40. The first-order valence-corrected chi connectivity index (χ1v) is 8.41. The van der Waals surface area contributed by atoms with Crippen LogP contribution in [0.15, 0.2) is 18.2 Å². The van der Waals surface area contributed by atoms with Crippen LogP contribution in [-0.2, 0) is 9.59 Å². The number of anilines is 1. The Morgan fingerprint density at radius 1 is 1.26 bits per heavy atom. The van der Waals surface area contributed by atoms with Crippen LogP contribution in [0.5, 0.6) is 0 Å². The minimum absolute atomic E-state index is 0.0414. The smallest absolute Gasteiger partial charge is 0.227 e. The molecule has 0 bridgehead atoms. The molecule has 3 rings (SSSR count). The van der Waals surface area contributed by atoms with Crippen LogP contribution in [0.4, 0.5) is 10.1 Å². The number of nitrogens with one attached hydrogen (secondary N) is 1. The van der Waals surface area contributed by atoms with Gasteiger partial charge < -0.3 is 10.2 Å². The fourth-order valence-electron chi connectivity index (χ4n) is 3.45. The van der Waals surface area contributed by atoms with Crippen molar-refractivity contribution in [3.05, 3.63) is 29.6 Å². The number of nitrogens with zero attached hydrogens (tertiary/aromatic N) is 1. The minimum atomic E-state index is -0.339. The lowest BCUT2D eigenvalue weighted by atomic mass is 9.95. The minimum Gasteiger partial charge on any atom is -0.353 e. The van der Waals surface area contributed by atoms with Gasteiger partial charge in [-0.2, -0.15) is 0 Å². The standard InChI is InChI=1S/C18H23FN2O2/c1-12-7-8-15(10-16(12)19)21-11-13(9-17(21)22)18(23)20-14-5-3-2-4-6-14/h7-8,10,13-14H,2-6,9,11H2,1H3,(H,20,23)/t13-/m1/s1. The highest BCUT2D eigenvalue weighted by Crippen LogP contribution is 2.27. The average Bonchev–Trinajstić information content (AvgIpc) is 2.93. The molecule has 0 radical (unpaired) electrons. The number of hydrogen-bond acceptors (Lipinski definition) is 2. The van der Waals surface area contributed by atoms with Gasteiger partial charge in [-0.25, -0.2) is 4.39 Å². The van der Waals surface area contributed by atoms with Gasteiger partial charge in [0.1, 0.15) is 5.82 Å². The van der Waals surface area contributed by atoms with E-state index >= 15 is 0 Å². The third-order valence-corrected chi connectivity index (χ3v) is 4.91. The highest BCUT2D eigenvalue weighted by molar-refractivity contribution is 6.00. The molecule has 1 aromatic carbocycles. The Morgan fingerprint density at radius 2 is 2.00 bits per heavy atom. The predicted molar refractivity (Wildman–Crippen MR) is 86.6 cm³/mol. The van der Waals surface area contributed by atoms with Crippen molar-refractivity contribution in [2.24, 2.45) is 5.92 Å². The zero-order valence-electron chi connectivity index (χ0n) is 13.5. The second-order valence-corrected chi connectivity index (χ2v) is 6.68. The number of rotatable bonds is 3. The molecule has 0 aromatic heterocycles. The highest BCUT2D eigenvalue weighted by atomic mass is 19.1. The van der Waals surface area contributed by atoms with Crippen molar-refractivity contribution >= 4 is 17.5 Å². The molecule has 1 aromatic rings. The zero-order valence-corrected chi connectivity index (χ0v) is 13.5. The maximum absolute atomic E-state index is 13.7. The summed E-state index contributed by atoms with van der Waals surface area (Å²) < 4.78 is 13.7. The summed E-state index contributed by atoms with van der Waals surface area (Å²) in [6.45, 7) is 2.02. The predicted octanol–water partition coefficient (Wildman–Crippen LogP) is 2.94. The SMILES string of the molecule is Cc1ccc(N2C[C@H](C(=O)NC3CCCCC3)CC2=O)cc1F. The van der Waals surface area contributed by atoms with E-state index in [1.807, 2.05) is 0 Å². The van der Waals surface area contributed by atoms with Crippen LogP contribution in [0.25, 0.3) is 0 Å². The van der Waals surface area contributed by atoms with Gasteiger partial charge in [0.25, 0.3) is 0 Å². The van der Waals surface area contributed by atoms with Crippen molar-refractivity contribution in [1.82, 2.24) is 5.32 Å². The summed E-state index contributed by atoms with van der Waals surface area (Å²) in [5, 5.41) is 3.08. The van der Waals surface area contributed by atoms with Crippen LogP contribution in [-0.4, -0.2) is 24.4 Å². The van der Waals surface area contributed by atoms with Gasteiger partial charge in [0, 0.05) is 24.7 Å². The van der Waals surface area contributed by atoms with E-state index in [1.54, 1.807) is 19.1 Å². The summed E-state index contributed by atoms with van der Waals surface area (Å²) in [4.78, 5) is 26.1. The van der Waals surface area contributed by atoms with E-state index in [2.05, 4.69) is 5.32 Å². The molecule has 1 heterocycles. The third-order valence-electron chi connectivity index (χ3n) is 4.91. The molecule has 4 nitrogen and oxygen atoms in total. The molecule has 5 heteroatoms. The first kappa shape index (κ1) is 16.0. The number of carbonyl (C=O) groups excluding carboxylic acids is 2. The molecule has 2 aliphatic rings. The molecule has 1 saturated heterocycles. The fraction of sp³-hybridized carbons (Fsp3) is 0.556. The van der Waals surface area contributed by atoms with Gasteiger partial charge in [-0.3, -0.25) is 9.59 Å². The Bertz CT molecular complexity index is 611. The van der Waals surface area contributed by atoms with E-state index in [0.717, 1.165) is 25.7 Å². The Balaban J connectivity index is 1.64. The second-order valence-electron chi connectivity index (χ2n) is 6.68. The number of carbonyl (C=O) groups is 2. The Morgan fingerprint density at radius 3 is 2.70 bits per heavy atom. The molecule has 1 N–H and O–H groups in total. The van der Waals surface area contributed by atoms with E-state index < -0.39 is 0 Å². The van der Waals surface area contributed by atoms with Gasteiger partial charge in [-0.05, 0) is 37.5 Å². The van der Waals surface area contributed by atoms with Crippen molar-refractivity contribution in [3.8, 4) is 0 Å². The summed E-state index contributed by atoms with van der Waals surface area (Å²) in [5.41, 5.74) is 1.08. The maximum atomic E-state index is 13.7. The zero-order chi connectivity index (χ0) is 16.4. The monoisotopic (exact) mass is 318 g/mol. The number of benzene rings is 1. The van der Waals surface area contributed by atoms with Crippen LogP contribution in [0.2, 0.25) is 0 Å². The summed E-state index contributed by atoms with van der Waals surface area (Å²) in [7, 11) is 0. The quantitative estimate of drug-likeness (QED) is 0.931. The van der Waals surface area contributed by atoms with Crippen LogP contribution in [0.3, 0.4) is 0 Å². The Hall–Kier alpha value is -1.91. The first-order valence-electron chi connectivity index (χ1n) is 8.41. The molecule has 124 valence electrons. The third kappa shape index (κ3) is 3.54. The van der Waals surface area contributed by atoms with Crippen LogP contribution in [0, 0.1) is 18.7 Å². The summed E-state index contributed by atoms with van der Waals surface area (Å²) in [6, 6.07) is 5.01. The van der Waals surface area contributed by atoms with Crippen molar-refractivity contribution in [3.63, 3.8) is 0 Å². The molecule has 2 amide bonds. The van der Waals surface area contributed by atoms with E-state index in [0.29, 0.717) is 17.8 Å². The van der Waals surface area contributed by atoms with Gasteiger partial charge in [0.2, 0.25) is 11.8 Å². The number of aryl methyl sites for hydroxylation is 1. The van der Waals surface area contributed by atoms with Crippen molar-refractivity contribution in [2.75, 3.05) is 11.4 Å². The second kappa shape index (κ2) is 6.69. The average molecular weight is 318 g/mol. The van der Waals surface area contributed by atoms with Crippen molar-refractivity contribution in [2.45, 2.75) is 51.5 Å². The maximum Gasteiger partial charge on any atom is 0.227 e. The first-order chi connectivity index (χ1) is 11.0. The fourth-order valence-corrected chi connectivity index (χ4v) is 3.45. The lowest BCUT2D eigenvalue weighted by molar-refractivity contribution is -0.127. The lowest BCUT2D eigenvalue weighted by Gasteiger charge is -2.24. The molecular formula is C18H23FN2O2. The number of hydrogen-bond donors (Lipinski definition) is 1. The van der Waals surface area contributed by atoms with Gasteiger partial charge in [0.15, 0.2) is 0 Å². The molecule has 23 heavy (non-hydrogen) atoms. The normalized spacial score (nSPS) is 22.4. The van der Waals surface area contributed by atoms with Crippen LogP contribution < -0.4 is 10.2 Å². The highest BCUT2D eigenvalue weighted by Gasteiger charge is 2.36. The molecule has 0 unspecified atom stereocenters. The van der Waals surface area contributed by atoms with E-state index in [-0.39, 0.29) is 36.0 Å². The van der Waals surface area contributed by atoms with Gasteiger partial charge >= 0.3 is 0 Å². The Labute approximate surface area is 136 Å². The van der Waals surface area contributed by atoms with Crippen molar-refractivity contribution < 1.29 is 14.0 Å². The molecular weight excluding hydrogens is 295 g/mol. The van der Waals surface area contributed by atoms with E-state index in [1.165, 1.54) is 17.4 Å². The summed E-state index contributed by atoms with van der Waals surface area (Å²) >= 11 is 0. The van der Waals surface area contributed by atoms with Crippen LogP contribution >= 0.6 is 0 Å². The van der Waals surface area contributed by atoms with Crippen molar-refractivity contribution in [1.29, 1.82) is 0 Å². The number of amides is 2. The van der Waals surface area contributed by atoms with Gasteiger partial charge in [-0.15, -0.1) is 0 Å². The van der Waals surface area contributed by atoms with E-state index in [9.17, 15) is 14.0 Å². The molecule has 1 aliphatic heterocycles. The molecule has 1 atom stereocenters. The summed E-state index contributed by atoms with van der Waals surface area (Å²) in [6.07, 6.45) is 5.81. The van der Waals surface area contributed by atoms with Gasteiger partial charge in [-0.1, -0.05) is 25.3 Å². The Kier molecular flexibility index (Phi) is 4.64. The van der Waals surface area contributed by atoms with Gasteiger partial charge in [0.05, 0.1) is 5.92 Å². The van der Waals surface area contributed by atoms with Crippen LogP contribution in [0.1, 0.15) is 44.1 Å². The topological polar surface area (TPSA) is 49.4 Å². The molecule has 2 fully saturated rings. The molecule has 1 saturated carbocycles.